The summed E-state index contributed by atoms with van der Waals surface area (Å²) in [5.74, 6) is 0.588. The van der Waals surface area contributed by atoms with Crippen molar-refractivity contribution in [1.82, 2.24) is 15.2 Å². The number of nitrogens with zero attached hydrogens (tertiary/aromatic N) is 1. The number of amides is 3. The fraction of sp³-hybridized carbons (Fsp3) is 0.304. The molecule has 3 heterocycles. The second-order valence-corrected chi connectivity index (χ2v) is 7.66. The number of nitrogens with one attached hydrogen (secondary N) is 2. The van der Waals surface area contributed by atoms with E-state index in [1.54, 1.807) is 4.90 Å². The molecule has 0 bridgehead atoms. The Morgan fingerprint density at radius 2 is 1.93 bits per heavy atom. The SMILES string of the molecule is CCOc1ccc2[nH]c3c(c2c1)CC1(CC)C(=O)NC(=O)N1C3c1ccccc1. The molecule has 0 saturated carbocycles. The van der Waals surface area contributed by atoms with Gasteiger partial charge in [0.25, 0.3) is 5.91 Å². The molecular weight excluding hydrogens is 366 g/mol. The number of urea groups is 1. The van der Waals surface area contributed by atoms with Crippen LogP contribution < -0.4 is 10.1 Å². The average Bonchev–Trinajstić information content (AvgIpc) is 3.22. The lowest BCUT2D eigenvalue weighted by atomic mass is 9.78. The lowest BCUT2D eigenvalue weighted by Gasteiger charge is -2.44. The second kappa shape index (κ2) is 6.37. The Labute approximate surface area is 168 Å². The Morgan fingerprint density at radius 3 is 2.66 bits per heavy atom. The molecule has 1 aromatic heterocycles. The minimum atomic E-state index is -0.888. The van der Waals surface area contributed by atoms with E-state index in [2.05, 4.69) is 10.3 Å². The van der Waals surface area contributed by atoms with Gasteiger partial charge in [-0.1, -0.05) is 37.3 Å². The number of carbonyl (C=O) groups is 2. The largest absolute Gasteiger partial charge is 0.494 e. The third-order valence-corrected chi connectivity index (χ3v) is 6.25. The third-order valence-electron chi connectivity index (χ3n) is 6.25. The summed E-state index contributed by atoms with van der Waals surface area (Å²) in [7, 11) is 0. The molecule has 3 aromatic rings. The highest BCUT2D eigenvalue weighted by Crippen LogP contribution is 2.48. The van der Waals surface area contributed by atoms with Crippen molar-refractivity contribution < 1.29 is 14.3 Å². The monoisotopic (exact) mass is 389 g/mol. The number of ether oxygens (including phenoxy) is 1. The van der Waals surface area contributed by atoms with Gasteiger partial charge < -0.3 is 9.72 Å². The number of hydrogen-bond donors (Lipinski definition) is 2. The first-order valence-corrected chi connectivity index (χ1v) is 10.1. The number of benzene rings is 2. The van der Waals surface area contributed by atoms with Crippen LogP contribution in [0, 0.1) is 0 Å². The zero-order chi connectivity index (χ0) is 20.2. The summed E-state index contributed by atoms with van der Waals surface area (Å²) in [5, 5.41) is 3.61. The zero-order valence-electron chi connectivity index (χ0n) is 16.5. The van der Waals surface area contributed by atoms with Gasteiger partial charge in [-0.3, -0.25) is 15.0 Å². The number of aromatic amines is 1. The van der Waals surface area contributed by atoms with Crippen LogP contribution >= 0.6 is 0 Å². The summed E-state index contributed by atoms with van der Waals surface area (Å²) < 4.78 is 5.70. The number of hydrogen-bond acceptors (Lipinski definition) is 3. The fourth-order valence-corrected chi connectivity index (χ4v) is 4.86. The highest BCUT2D eigenvalue weighted by atomic mass is 16.5. The van der Waals surface area contributed by atoms with E-state index in [-0.39, 0.29) is 18.0 Å². The maximum Gasteiger partial charge on any atom is 0.325 e. The standard InChI is InChI=1S/C23H23N3O3/c1-3-23-13-17-16-12-15(29-4-2)10-11-18(16)24-19(17)20(14-8-6-5-7-9-14)26(23)22(28)25-21(23)27/h5-12,20,24H,3-4,13H2,1-2H3,(H,25,27,28). The van der Waals surface area contributed by atoms with Crippen LogP contribution in [0.25, 0.3) is 10.9 Å². The number of aromatic nitrogens is 1. The van der Waals surface area contributed by atoms with Crippen molar-refractivity contribution in [2.75, 3.05) is 6.61 Å². The molecule has 2 aliphatic rings. The second-order valence-electron chi connectivity index (χ2n) is 7.66. The highest BCUT2D eigenvalue weighted by Gasteiger charge is 2.58. The summed E-state index contributed by atoms with van der Waals surface area (Å²) in [4.78, 5) is 31.1. The molecule has 3 amide bonds. The number of rotatable bonds is 4. The van der Waals surface area contributed by atoms with E-state index in [1.165, 1.54) is 0 Å². The molecule has 2 aliphatic heterocycles. The van der Waals surface area contributed by atoms with Crippen molar-refractivity contribution in [3.05, 3.63) is 65.4 Å². The number of fused-ring (bicyclic) bond motifs is 4. The van der Waals surface area contributed by atoms with Crippen LogP contribution in [0.15, 0.2) is 48.5 Å². The Hall–Kier alpha value is -3.28. The molecule has 6 nitrogen and oxygen atoms in total. The van der Waals surface area contributed by atoms with Crippen LogP contribution in [-0.4, -0.2) is 34.0 Å². The Bertz CT molecular complexity index is 1120. The molecule has 2 atom stereocenters. The van der Waals surface area contributed by atoms with Crippen LogP contribution in [0.5, 0.6) is 5.75 Å². The van der Waals surface area contributed by atoms with Crippen LogP contribution in [0.2, 0.25) is 0 Å². The molecule has 0 spiro atoms. The summed E-state index contributed by atoms with van der Waals surface area (Å²) in [6.45, 7) is 4.52. The first-order chi connectivity index (χ1) is 14.1. The van der Waals surface area contributed by atoms with Crippen LogP contribution in [0.4, 0.5) is 4.79 Å². The van der Waals surface area contributed by atoms with Gasteiger partial charge in [-0.05, 0) is 42.7 Å². The minimum absolute atomic E-state index is 0.216. The van der Waals surface area contributed by atoms with Crippen LogP contribution in [-0.2, 0) is 11.2 Å². The summed E-state index contributed by atoms with van der Waals surface area (Å²) in [5.41, 5.74) is 3.13. The number of H-pyrrole nitrogens is 1. The van der Waals surface area contributed by atoms with Crippen LogP contribution in [0.1, 0.15) is 43.1 Å². The molecule has 2 aromatic carbocycles. The first-order valence-electron chi connectivity index (χ1n) is 10.1. The molecule has 6 heteroatoms. The van der Waals surface area contributed by atoms with Crippen molar-refractivity contribution in [2.45, 2.75) is 38.3 Å². The molecule has 0 radical (unpaired) electrons. The maximum atomic E-state index is 13.0. The van der Waals surface area contributed by atoms with Gasteiger partial charge in [0.2, 0.25) is 0 Å². The molecule has 2 unspecified atom stereocenters. The smallest absolute Gasteiger partial charge is 0.325 e. The van der Waals surface area contributed by atoms with Gasteiger partial charge in [0.1, 0.15) is 17.3 Å². The van der Waals surface area contributed by atoms with Crippen LogP contribution in [0.3, 0.4) is 0 Å². The number of imide groups is 1. The summed E-state index contributed by atoms with van der Waals surface area (Å²) in [6.07, 6.45) is 1.03. The third kappa shape index (κ3) is 2.41. The van der Waals surface area contributed by atoms with Crippen molar-refractivity contribution in [3.63, 3.8) is 0 Å². The maximum absolute atomic E-state index is 13.0. The van der Waals surface area contributed by atoms with Crippen molar-refractivity contribution >= 4 is 22.8 Å². The quantitative estimate of drug-likeness (QED) is 0.665. The predicted octanol–water partition coefficient (Wildman–Crippen LogP) is 3.91. The summed E-state index contributed by atoms with van der Waals surface area (Å²) in [6, 6.07) is 15.2. The fourth-order valence-electron chi connectivity index (χ4n) is 4.86. The average molecular weight is 389 g/mol. The van der Waals surface area contributed by atoms with Crippen molar-refractivity contribution in [3.8, 4) is 5.75 Å². The molecule has 2 N–H and O–H groups in total. The van der Waals surface area contributed by atoms with Gasteiger partial charge in [0, 0.05) is 23.0 Å². The minimum Gasteiger partial charge on any atom is -0.494 e. The molecule has 5 rings (SSSR count). The highest BCUT2D eigenvalue weighted by molar-refractivity contribution is 6.08. The summed E-state index contributed by atoms with van der Waals surface area (Å²) >= 11 is 0. The molecular formula is C23H23N3O3. The van der Waals surface area contributed by atoms with E-state index < -0.39 is 5.54 Å². The Balaban J connectivity index is 1.79. The van der Waals surface area contributed by atoms with Crippen molar-refractivity contribution in [1.29, 1.82) is 0 Å². The van der Waals surface area contributed by atoms with Gasteiger partial charge in [0.15, 0.2) is 0 Å². The van der Waals surface area contributed by atoms with Gasteiger partial charge in [-0.25, -0.2) is 4.79 Å². The zero-order valence-corrected chi connectivity index (χ0v) is 16.5. The Kier molecular flexibility index (Phi) is 3.91. The van der Waals surface area contributed by atoms with E-state index in [9.17, 15) is 9.59 Å². The van der Waals surface area contributed by atoms with Gasteiger partial charge in [0.05, 0.1) is 6.61 Å². The molecule has 148 valence electrons. The molecule has 1 fully saturated rings. The lowest BCUT2D eigenvalue weighted by molar-refractivity contribution is -0.127. The molecule has 1 saturated heterocycles. The predicted molar refractivity (Wildman–Crippen MR) is 110 cm³/mol. The van der Waals surface area contributed by atoms with E-state index in [1.807, 2.05) is 62.4 Å². The van der Waals surface area contributed by atoms with Crippen molar-refractivity contribution in [2.24, 2.45) is 0 Å². The van der Waals surface area contributed by atoms with E-state index >= 15 is 0 Å². The van der Waals surface area contributed by atoms with E-state index in [0.717, 1.165) is 33.5 Å². The van der Waals surface area contributed by atoms with Gasteiger partial charge in [-0.2, -0.15) is 0 Å². The van der Waals surface area contributed by atoms with E-state index in [4.69, 9.17) is 4.74 Å². The van der Waals surface area contributed by atoms with Gasteiger partial charge in [-0.15, -0.1) is 0 Å². The number of carbonyl (C=O) groups excluding carboxylic acids is 2. The normalized spacial score (nSPS) is 23.1. The molecule has 0 aliphatic carbocycles. The Morgan fingerprint density at radius 1 is 1.14 bits per heavy atom. The molecule has 29 heavy (non-hydrogen) atoms. The lowest BCUT2D eigenvalue weighted by Crippen LogP contribution is -2.55. The topological polar surface area (TPSA) is 74.4 Å². The first kappa shape index (κ1) is 17.8. The van der Waals surface area contributed by atoms with E-state index in [0.29, 0.717) is 19.4 Å². The van der Waals surface area contributed by atoms with Gasteiger partial charge >= 0.3 is 6.03 Å².